The van der Waals surface area contributed by atoms with Crippen molar-refractivity contribution in [1.82, 2.24) is 14.5 Å². The molecule has 0 unspecified atom stereocenters. The zero-order chi connectivity index (χ0) is 23.3. The van der Waals surface area contributed by atoms with Crippen LogP contribution >= 0.6 is 11.8 Å². The number of primary sulfonamides is 1. The van der Waals surface area contributed by atoms with Crippen molar-refractivity contribution in [1.29, 1.82) is 0 Å². The summed E-state index contributed by atoms with van der Waals surface area (Å²) in [5.41, 5.74) is 2.49. The number of carbonyl (C=O) groups is 1. The summed E-state index contributed by atoms with van der Waals surface area (Å²) in [6.07, 6.45) is 1.96. The van der Waals surface area contributed by atoms with E-state index in [4.69, 9.17) is 5.14 Å². The van der Waals surface area contributed by atoms with Crippen LogP contribution in [0.1, 0.15) is 39.2 Å². The molecular weight excluding hydrogens is 444 g/mol. The molecule has 7 nitrogen and oxygen atoms in total. The third-order valence-corrected chi connectivity index (χ3v) is 7.08. The minimum absolute atomic E-state index is 0.0339. The molecule has 3 rings (SSSR count). The molecule has 1 amide bonds. The van der Waals surface area contributed by atoms with E-state index >= 15 is 0 Å². The second kappa shape index (κ2) is 10.5. The van der Waals surface area contributed by atoms with Crippen molar-refractivity contribution in [3.63, 3.8) is 0 Å². The average Bonchev–Trinajstić information content (AvgIpc) is 3.10. The van der Waals surface area contributed by atoms with E-state index in [-0.39, 0.29) is 22.6 Å². The molecule has 0 radical (unpaired) electrons. The van der Waals surface area contributed by atoms with Crippen LogP contribution in [0.3, 0.4) is 0 Å². The summed E-state index contributed by atoms with van der Waals surface area (Å²) in [7, 11) is -3.81. The zero-order valence-electron chi connectivity index (χ0n) is 18.7. The van der Waals surface area contributed by atoms with Crippen LogP contribution in [0.2, 0.25) is 0 Å². The predicted octanol–water partition coefficient (Wildman–Crippen LogP) is 4.01. The lowest BCUT2D eigenvalue weighted by atomic mass is 10.2. The predicted molar refractivity (Wildman–Crippen MR) is 129 cm³/mol. The van der Waals surface area contributed by atoms with Crippen molar-refractivity contribution in [3.8, 4) is 0 Å². The second-order valence-electron chi connectivity index (χ2n) is 7.98. The van der Waals surface area contributed by atoms with Gasteiger partial charge in [0.05, 0.1) is 21.7 Å². The highest BCUT2D eigenvalue weighted by Gasteiger charge is 2.20. The monoisotopic (exact) mass is 474 g/mol. The van der Waals surface area contributed by atoms with E-state index < -0.39 is 10.0 Å². The van der Waals surface area contributed by atoms with Crippen molar-refractivity contribution in [2.24, 2.45) is 5.14 Å². The molecule has 2 aromatic carbocycles. The van der Waals surface area contributed by atoms with Crippen molar-refractivity contribution >= 4 is 38.7 Å². The maximum Gasteiger partial charge on any atom is 0.238 e. The van der Waals surface area contributed by atoms with Gasteiger partial charge in [0, 0.05) is 19.1 Å². The Morgan fingerprint density at radius 1 is 1.19 bits per heavy atom. The Kier molecular flexibility index (Phi) is 7.97. The summed E-state index contributed by atoms with van der Waals surface area (Å²) < 4.78 is 25.5. The lowest BCUT2D eigenvalue weighted by molar-refractivity contribution is -0.130. The largest absolute Gasteiger partial charge is 0.335 e. The van der Waals surface area contributed by atoms with Crippen LogP contribution in [0.5, 0.6) is 0 Å². The fourth-order valence-electron chi connectivity index (χ4n) is 3.46. The van der Waals surface area contributed by atoms with Gasteiger partial charge in [-0.05, 0) is 44.0 Å². The van der Waals surface area contributed by atoms with Crippen molar-refractivity contribution in [2.45, 2.75) is 62.8 Å². The number of imidazole rings is 1. The number of benzene rings is 2. The summed E-state index contributed by atoms with van der Waals surface area (Å²) in [5, 5.41) is 5.98. The van der Waals surface area contributed by atoms with Crippen LogP contribution < -0.4 is 5.14 Å². The Morgan fingerprint density at radius 2 is 1.91 bits per heavy atom. The number of hydrogen-bond acceptors (Lipinski definition) is 5. The number of aryl methyl sites for hydroxylation is 1. The molecule has 32 heavy (non-hydrogen) atoms. The van der Waals surface area contributed by atoms with Gasteiger partial charge in [-0.1, -0.05) is 55.4 Å². The molecule has 172 valence electrons. The van der Waals surface area contributed by atoms with E-state index in [1.807, 2.05) is 49.1 Å². The molecular formula is C23H30N4O3S2. The van der Waals surface area contributed by atoms with Gasteiger partial charge in [0.1, 0.15) is 0 Å². The van der Waals surface area contributed by atoms with Crippen LogP contribution in [-0.2, 0) is 27.9 Å². The number of rotatable bonds is 10. The topological polar surface area (TPSA) is 98.3 Å². The van der Waals surface area contributed by atoms with Gasteiger partial charge >= 0.3 is 0 Å². The average molecular weight is 475 g/mol. The molecule has 0 atom stereocenters. The first-order chi connectivity index (χ1) is 15.2. The normalized spacial score (nSPS) is 11.9. The number of hydrogen-bond donors (Lipinski definition) is 1. The Hall–Kier alpha value is -2.36. The van der Waals surface area contributed by atoms with E-state index in [0.717, 1.165) is 30.5 Å². The van der Waals surface area contributed by atoms with Gasteiger partial charge in [-0.2, -0.15) is 0 Å². The number of carbonyl (C=O) groups excluding carboxylic acids is 1. The zero-order valence-corrected chi connectivity index (χ0v) is 20.3. The molecule has 9 heteroatoms. The highest BCUT2D eigenvalue weighted by atomic mass is 32.2. The highest BCUT2D eigenvalue weighted by molar-refractivity contribution is 7.99. The molecule has 0 fully saturated rings. The molecule has 0 saturated heterocycles. The van der Waals surface area contributed by atoms with E-state index in [1.165, 1.54) is 23.9 Å². The van der Waals surface area contributed by atoms with E-state index in [0.29, 0.717) is 17.2 Å². The smallest absolute Gasteiger partial charge is 0.238 e. The summed E-state index contributed by atoms with van der Waals surface area (Å²) in [5.74, 6) is 0.288. The summed E-state index contributed by atoms with van der Waals surface area (Å²) in [4.78, 5) is 19.6. The lowest BCUT2D eigenvalue weighted by Gasteiger charge is -2.27. The van der Waals surface area contributed by atoms with Gasteiger partial charge in [-0.15, -0.1) is 0 Å². The van der Waals surface area contributed by atoms with Crippen LogP contribution in [0.15, 0.2) is 58.6 Å². The van der Waals surface area contributed by atoms with Gasteiger partial charge < -0.3 is 9.47 Å². The SMILES string of the molecule is CCCCn1c(SCC(=O)N(Cc2ccccc2)C(C)C)nc2cc(S(N)(=O)=O)ccc21. The molecule has 0 spiro atoms. The maximum absolute atomic E-state index is 13.1. The molecule has 1 aromatic heterocycles. The Bertz CT molecular complexity index is 1170. The first kappa shape index (κ1) is 24.3. The first-order valence-corrected chi connectivity index (χ1v) is 13.2. The molecule has 0 saturated carbocycles. The van der Waals surface area contributed by atoms with Gasteiger partial charge in [-0.3, -0.25) is 4.79 Å². The number of amides is 1. The first-order valence-electron chi connectivity index (χ1n) is 10.7. The lowest BCUT2D eigenvalue weighted by Crippen LogP contribution is -2.37. The van der Waals surface area contributed by atoms with E-state index in [2.05, 4.69) is 16.5 Å². The minimum Gasteiger partial charge on any atom is -0.335 e. The molecule has 0 aliphatic carbocycles. The van der Waals surface area contributed by atoms with Crippen LogP contribution in [-0.4, -0.2) is 40.6 Å². The molecule has 0 bridgehead atoms. The Morgan fingerprint density at radius 3 is 2.53 bits per heavy atom. The van der Waals surface area contributed by atoms with Gasteiger partial charge in [0.25, 0.3) is 0 Å². The molecule has 0 aliphatic rings. The minimum atomic E-state index is -3.81. The van der Waals surface area contributed by atoms with Gasteiger partial charge in [-0.25, -0.2) is 18.5 Å². The number of aromatic nitrogens is 2. The van der Waals surface area contributed by atoms with Gasteiger partial charge in [0.15, 0.2) is 5.16 Å². The van der Waals surface area contributed by atoms with Crippen molar-refractivity contribution in [2.75, 3.05) is 5.75 Å². The summed E-state index contributed by atoms with van der Waals surface area (Å²) in [6, 6.07) is 14.7. The molecule has 3 aromatic rings. The summed E-state index contributed by atoms with van der Waals surface area (Å²) in [6.45, 7) is 7.43. The van der Waals surface area contributed by atoms with Crippen LogP contribution in [0.25, 0.3) is 11.0 Å². The van der Waals surface area contributed by atoms with Crippen LogP contribution in [0, 0.1) is 0 Å². The standard InChI is InChI=1S/C23H30N4O3S2/c1-4-5-13-26-21-12-11-19(32(24,29)30)14-20(21)25-23(26)31-16-22(28)27(17(2)3)15-18-9-7-6-8-10-18/h6-12,14,17H,4-5,13,15-16H2,1-3H3,(H2,24,29,30). The summed E-state index contributed by atoms with van der Waals surface area (Å²) >= 11 is 1.38. The molecule has 0 aliphatic heterocycles. The number of fused-ring (bicyclic) bond motifs is 1. The van der Waals surface area contributed by atoms with E-state index in [9.17, 15) is 13.2 Å². The number of nitrogens with zero attached hydrogens (tertiary/aromatic N) is 3. The fraction of sp³-hybridized carbons (Fsp3) is 0.391. The number of unbranched alkanes of at least 4 members (excludes halogenated alkanes) is 1. The Labute approximate surface area is 194 Å². The van der Waals surface area contributed by atoms with Crippen molar-refractivity contribution < 1.29 is 13.2 Å². The molecule has 2 N–H and O–H groups in total. The van der Waals surface area contributed by atoms with Crippen molar-refractivity contribution in [3.05, 3.63) is 54.1 Å². The fourth-order valence-corrected chi connectivity index (χ4v) is 4.92. The van der Waals surface area contributed by atoms with Gasteiger partial charge in [0.2, 0.25) is 15.9 Å². The maximum atomic E-state index is 13.1. The molecule has 1 heterocycles. The quantitative estimate of drug-likeness (QED) is 0.448. The highest BCUT2D eigenvalue weighted by Crippen LogP contribution is 2.27. The second-order valence-corrected chi connectivity index (χ2v) is 10.5. The number of sulfonamides is 1. The third kappa shape index (κ3) is 5.90. The number of nitrogens with two attached hydrogens (primary N) is 1. The third-order valence-electron chi connectivity index (χ3n) is 5.21. The number of thioether (sulfide) groups is 1. The van der Waals surface area contributed by atoms with E-state index in [1.54, 1.807) is 6.07 Å². The Balaban J connectivity index is 1.83. The van der Waals surface area contributed by atoms with Crippen LogP contribution in [0.4, 0.5) is 0 Å².